The van der Waals surface area contributed by atoms with Gasteiger partial charge in [0.1, 0.15) is 0 Å². The molecular weight excluding hydrogens is 204 g/mol. The minimum absolute atomic E-state index is 0.226. The first kappa shape index (κ1) is 10.7. The Bertz CT molecular complexity index is 517. The van der Waals surface area contributed by atoms with Gasteiger partial charge in [-0.3, -0.25) is 9.48 Å². The van der Waals surface area contributed by atoms with E-state index in [9.17, 15) is 4.79 Å². The van der Waals surface area contributed by atoms with Gasteiger partial charge < -0.3 is 5.11 Å². The number of carboxylic acid groups (broad SMARTS) is 1. The van der Waals surface area contributed by atoms with E-state index in [-0.39, 0.29) is 6.42 Å². The van der Waals surface area contributed by atoms with E-state index in [1.807, 2.05) is 30.1 Å². The Labute approximate surface area is 93.5 Å². The summed E-state index contributed by atoms with van der Waals surface area (Å²) in [5, 5.41) is 13.8. The zero-order valence-electron chi connectivity index (χ0n) is 9.18. The Morgan fingerprint density at radius 1 is 1.50 bits per heavy atom. The molecule has 0 saturated carbocycles. The maximum atomic E-state index is 10.4. The molecular formula is C12H14N2O2. The quantitative estimate of drug-likeness (QED) is 0.853. The van der Waals surface area contributed by atoms with Gasteiger partial charge in [0.05, 0.1) is 11.7 Å². The molecule has 4 nitrogen and oxygen atoms in total. The molecule has 0 aliphatic rings. The molecule has 0 aliphatic heterocycles. The predicted octanol–water partition coefficient (Wildman–Crippen LogP) is 1.98. The highest BCUT2D eigenvalue weighted by Crippen LogP contribution is 2.16. The van der Waals surface area contributed by atoms with Gasteiger partial charge in [0.2, 0.25) is 0 Å². The molecule has 1 heterocycles. The van der Waals surface area contributed by atoms with Crippen molar-refractivity contribution in [2.45, 2.75) is 19.3 Å². The number of rotatable bonds is 4. The smallest absolute Gasteiger partial charge is 0.303 e. The van der Waals surface area contributed by atoms with Gasteiger partial charge >= 0.3 is 5.97 Å². The molecule has 2 rings (SSSR count). The van der Waals surface area contributed by atoms with Crippen LogP contribution in [-0.2, 0) is 18.3 Å². The molecule has 2 aromatic rings. The van der Waals surface area contributed by atoms with Crippen LogP contribution in [0.4, 0.5) is 0 Å². The van der Waals surface area contributed by atoms with Crippen LogP contribution in [0.2, 0.25) is 0 Å². The average molecular weight is 218 g/mol. The number of carbonyl (C=O) groups is 1. The molecule has 1 aromatic carbocycles. The molecule has 0 atom stereocenters. The van der Waals surface area contributed by atoms with Crippen LogP contribution in [-0.4, -0.2) is 20.9 Å². The summed E-state index contributed by atoms with van der Waals surface area (Å²) in [5.41, 5.74) is 2.25. The van der Waals surface area contributed by atoms with Crippen LogP contribution in [0.5, 0.6) is 0 Å². The summed E-state index contributed by atoms with van der Waals surface area (Å²) in [6.07, 6.45) is 3.53. The molecule has 4 heteroatoms. The second-order valence-corrected chi connectivity index (χ2v) is 3.91. The number of fused-ring (bicyclic) bond motifs is 1. The normalized spacial score (nSPS) is 10.8. The highest BCUT2D eigenvalue weighted by molar-refractivity contribution is 5.79. The average Bonchev–Trinajstić information content (AvgIpc) is 2.60. The maximum absolute atomic E-state index is 10.4. The molecule has 0 unspecified atom stereocenters. The molecule has 0 saturated heterocycles. The lowest BCUT2D eigenvalue weighted by Gasteiger charge is -2.01. The van der Waals surface area contributed by atoms with Crippen LogP contribution < -0.4 is 0 Å². The van der Waals surface area contributed by atoms with Gasteiger partial charge in [0.15, 0.2) is 0 Å². The van der Waals surface area contributed by atoms with Crippen molar-refractivity contribution in [1.29, 1.82) is 0 Å². The second kappa shape index (κ2) is 4.35. The zero-order chi connectivity index (χ0) is 11.5. The lowest BCUT2D eigenvalue weighted by atomic mass is 10.1. The lowest BCUT2D eigenvalue weighted by Crippen LogP contribution is -1.96. The summed E-state index contributed by atoms with van der Waals surface area (Å²) in [5.74, 6) is -0.735. The maximum Gasteiger partial charge on any atom is 0.303 e. The summed E-state index contributed by atoms with van der Waals surface area (Å²) in [7, 11) is 1.91. The van der Waals surface area contributed by atoms with E-state index in [2.05, 4.69) is 11.2 Å². The Morgan fingerprint density at radius 3 is 3.06 bits per heavy atom. The van der Waals surface area contributed by atoms with Crippen LogP contribution in [0, 0.1) is 0 Å². The van der Waals surface area contributed by atoms with Crippen LogP contribution in [0.25, 0.3) is 10.9 Å². The van der Waals surface area contributed by atoms with Crippen molar-refractivity contribution in [2.75, 3.05) is 0 Å². The van der Waals surface area contributed by atoms with Crippen molar-refractivity contribution in [1.82, 2.24) is 9.78 Å². The molecule has 0 bridgehead atoms. The van der Waals surface area contributed by atoms with E-state index in [0.717, 1.165) is 22.9 Å². The van der Waals surface area contributed by atoms with E-state index >= 15 is 0 Å². The SMILES string of the molecule is Cn1ncc2ccc(CCCC(=O)O)cc21. The summed E-state index contributed by atoms with van der Waals surface area (Å²) >= 11 is 0. The third-order valence-corrected chi connectivity index (χ3v) is 2.67. The van der Waals surface area contributed by atoms with Gasteiger partial charge in [0.25, 0.3) is 0 Å². The van der Waals surface area contributed by atoms with Crippen LogP contribution in [0.1, 0.15) is 18.4 Å². The lowest BCUT2D eigenvalue weighted by molar-refractivity contribution is -0.137. The Morgan fingerprint density at radius 2 is 2.31 bits per heavy atom. The molecule has 0 radical (unpaired) electrons. The number of hydrogen-bond acceptors (Lipinski definition) is 2. The first-order chi connectivity index (χ1) is 7.66. The number of aliphatic carboxylic acids is 1. The molecule has 1 aromatic heterocycles. The number of benzene rings is 1. The number of carboxylic acids is 1. The van der Waals surface area contributed by atoms with E-state index in [0.29, 0.717) is 6.42 Å². The first-order valence-electron chi connectivity index (χ1n) is 5.29. The fraction of sp³-hybridized carbons (Fsp3) is 0.333. The van der Waals surface area contributed by atoms with Crippen molar-refractivity contribution in [3.05, 3.63) is 30.0 Å². The number of aryl methyl sites for hydroxylation is 2. The summed E-state index contributed by atoms with van der Waals surface area (Å²) in [4.78, 5) is 10.4. The second-order valence-electron chi connectivity index (χ2n) is 3.91. The van der Waals surface area contributed by atoms with Gasteiger partial charge in [-0.05, 0) is 24.5 Å². The van der Waals surface area contributed by atoms with Crippen LogP contribution >= 0.6 is 0 Å². The van der Waals surface area contributed by atoms with Crippen molar-refractivity contribution in [3.8, 4) is 0 Å². The number of aromatic nitrogens is 2. The van der Waals surface area contributed by atoms with Crippen LogP contribution in [0.15, 0.2) is 24.4 Å². The molecule has 0 spiro atoms. The largest absolute Gasteiger partial charge is 0.481 e. The van der Waals surface area contributed by atoms with Gasteiger partial charge in [-0.2, -0.15) is 5.10 Å². The Hall–Kier alpha value is -1.84. The fourth-order valence-corrected chi connectivity index (χ4v) is 1.79. The number of nitrogens with zero attached hydrogens (tertiary/aromatic N) is 2. The summed E-state index contributed by atoms with van der Waals surface area (Å²) < 4.78 is 1.83. The molecule has 84 valence electrons. The van der Waals surface area contributed by atoms with Gasteiger partial charge in [-0.25, -0.2) is 0 Å². The van der Waals surface area contributed by atoms with Crippen molar-refractivity contribution in [2.24, 2.45) is 7.05 Å². The van der Waals surface area contributed by atoms with Crippen molar-refractivity contribution >= 4 is 16.9 Å². The van der Waals surface area contributed by atoms with E-state index < -0.39 is 5.97 Å². The molecule has 0 aliphatic carbocycles. The van der Waals surface area contributed by atoms with Crippen LogP contribution in [0.3, 0.4) is 0 Å². The van der Waals surface area contributed by atoms with E-state index in [1.54, 1.807) is 0 Å². The van der Waals surface area contributed by atoms with Crippen molar-refractivity contribution in [3.63, 3.8) is 0 Å². The molecule has 0 amide bonds. The standard InChI is InChI=1S/C12H14N2O2/c1-14-11-7-9(3-2-4-12(15)16)5-6-10(11)8-13-14/h5-8H,2-4H2,1H3,(H,15,16). The molecule has 16 heavy (non-hydrogen) atoms. The predicted molar refractivity (Wildman–Crippen MR) is 61.3 cm³/mol. The van der Waals surface area contributed by atoms with E-state index in [4.69, 9.17) is 5.11 Å². The monoisotopic (exact) mass is 218 g/mol. The Balaban J connectivity index is 2.12. The third kappa shape index (κ3) is 2.21. The van der Waals surface area contributed by atoms with Gasteiger partial charge in [-0.15, -0.1) is 0 Å². The first-order valence-corrected chi connectivity index (χ1v) is 5.29. The summed E-state index contributed by atoms with van der Waals surface area (Å²) in [6.45, 7) is 0. The third-order valence-electron chi connectivity index (χ3n) is 2.67. The van der Waals surface area contributed by atoms with Gasteiger partial charge in [-0.1, -0.05) is 12.1 Å². The fourth-order valence-electron chi connectivity index (χ4n) is 1.79. The highest BCUT2D eigenvalue weighted by atomic mass is 16.4. The molecule has 0 fully saturated rings. The number of hydrogen-bond donors (Lipinski definition) is 1. The Kier molecular flexibility index (Phi) is 2.90. The molecule has 1 N–H and O–H groups in total. The summed E-state index contributed by atoms with van der Waals surface area (Å²) in [6, 6.07) is 6.13. The minimum atomic E-state index is -0.735. The van der Waals surface area contributed by atoms with E-state index in [1.165, 1.54) is 0 Å². The topological polar surface area (TPSA) is 55.1 Å². The minimum Gasteiger partial charge on any atom is -0.481 e. The zero-order valence-corrected chi connectivity index (χ0v) is 9.18. The highest BCUT2D eigenvalue weighted by Gasteiger charge is 2.02. The van der Waals surface area contributed by atoms with Crippen molar-refractivity contribution < 1.29 is 9.90 Å². The van der Waals surface area contributed by atoms with Gasteiger partial charge in [0, 0.05) is 18.9 Å².